The molecule has 1 radical (unpaired) electrons. The van der Waals surface area contributed by atoms with Crippen molar-refractivity contribution in [1.29, 1.82) is 0 Å². The first kappa shape index (κ1) is 11.1. The third-order valence-electron chi connectivity index (χ3n) is 2.61. The summed E-state index contributed by atoms with van der Waals surface area (Å²) in [6.45, 7) is 3.25. The molecule has 1 nitrogen and oxygen atoms in total. The van der Waals surface area contributed by atoms with E-state index in [-0.39, 0.29) is 0 Å². The van der Waals surface area contributed by atoms with Crippen LogP contribution in [0, 0.1) is 0 Å². The van der Waals surface area contributed by atoms with Crippen molar-refractivity contribution < 1.29 is 0 Å². The Morgan fingerprint density at radius 3 is 2.06 bits per heavy atom. The number of rotatable bonds is 4. The van der Waals surface area contributed by atoms with Crippen LogP contribution in [0.4, 0.5) is 0 Å². The van der Waals surface area contributed by atoms with Gasteiger partial charge in [0.1, 0.15) is 0 Å². The lowest BCUT2D eigenvalue weighted by Crippen LogP contribution is -2.41. The number of hydrogen-bond acceptors (Lipinski definition) is 1. The minimum atomic E-state index is -0.615. The van der Waals surface area contributed by atoms with Crippen LogP contribution in [-0.2, 0) is 6.54 Å². The van der Waals surface area contributed by atoms with E-state index >= 15 is 0 Å². The lowest BCUT2D eigenvalue weighted by atomic mass is 10.2. The maximum absolute atomic E-state index is 3.62. The van der Waals surface area contributed by atoms with Crippen molar-refractivity contribution >= 4 is 14.1 Å². The average molecular weight is 226 g/mol. The minimum absolute atomic E-state index is 0.615. The third kappa shape index (κ3) is 3.05. The molecule has 1 N–H and O–H groups in total. The second-order valence-corrected chi connectivity index (χ2v) is 6.01. The maximum Gasteiger partial charge on any atom is 0.166 e. The van der Waals surface area contributed by atoms with Crippen molar-refractivity contribution in [3.63, 3.8) is 0 Å². The summed E-state index contributed by atoms with van der Waals surface area (Å²) in [6.07, 6.45) is 0. The molecule has 0 aliphatic carbocycles. The molecule has 81 valence electrons. The van der Waals surface area contributed by atoms with Gasteiger partial charge in [-0.15, -0.1) is 0 Å². The van der Waals surface area contributed by atoms with Gasteiger partial charge in [0.2, 0.25) is 0 Å². The Morgan fingerprint density at radius 1 is 0.875 bits per heavy atom. The molecule has 0 amide bonds. The van der Waals surface area contributed by atoms with Gasteiger partial charge in [0.25, 0.3) is 0 Å². The highest BCUT2D eigenvalue weighted by Gasteiger charge is 2.06. The van der Waals surface area contributed by atoms with Crippen molar-refractivity contribution in [2.24, 2.45) is 0 Å². The second-order valence-electron chi connectivity index (χ2n) is 3.83. The Bertz CT molecular complexity index is 413. The molecule has 2 heteroatoms. The van der Waals surface area contributed by atoms with Gasteiger partial charge in [0.05, 0.1) is 0 Å². The molecule has 0 aliphatic heterocycles. The van der Waals surface area contributed by atoms with Crippen molar-refractivity contribution in [2.75, 3.05) is 0 Å². The molecule has 2 rings (SSSR count). The van der Waals surface area contributed by atoms with Crippen LogP contribution in [0.5, 0.6) is 0 Å². The van der Waals surface area contributed by atoms with Crippen LogP contribution in [0.2, 0.25) is 6.55 Å². The van der Waals surface area contributed by atoms with Crippen LogP contribution in [0.1, 0.15) is 5.56 Å². The summed E-state index contributed by atoms with van der Waals surface area (Å²) < 4.78 is 0. The van der Waals surface area contributed by atoms with Crippen molar-refractivity contribution in [2.45, 2.75) is 13.1 Å². The van der Waals surface area contributed by atoms with Gasteiger partial charge in [0, 0.05) is 6.54 Å². The SMILES string of the molecule is C[Si](NCc1ccccc1)c1ccccc1. The van der Waals surface area contributed by atoms with Crippen LogP contribution in [0.25, 0.3) is 0 Å². The van der Waals surface area contributed by atoms with E-state index in [2.05, 4.69) is 72.2 Å². The Labute approximate surface area is 98.8 Å². The Hall–Kier alpha value is -1.38. The highest BCUT2D eigenvalue weighted by Crippen LogP contribution is 1.97. The van der Waals surface area contributed by atoms with E-state index in [0.717, 1.165) is 6.54 Å². The van der Waals surface area contributed by atoms with E-state index in [1.54, 1.807) is 0 Å². The highest BCUT2D eigenvalue weighted by atomic mass is 28.3. The molecule has 0 unspecified atom stereocenters. The van der Waals surface area contributed by atoms with E-state index in [1.165, 1.54) is 10.8 Å². The fraction of sp³-hybridized carbons (Fsp3) is 0.143. The number of hydrogen-bond donors (Lipinski definition) is 1. The molecule has 0 aromatic heterocycles. The van der Waals surface area contributed by atoms with Crippen LogP contribution < -0.4 is 10.2 Å². The number of benzene rings is 2. The van der Waals surface area contributed by atoms with Gasteiger partial charge in [-0.3, -0.25) is 0 Å². The highest BCUT2D eigenvalue weighted by molar-refractivity contribution is 6.69. The quantitative estimate of drug-likeness (QED) is 0.789. The largest absolute Gasteiger partial charge is 0.331 e. The molecule has 2 aromatic carbocycles. The zero-order chi connectivity index (χ0) is 11.2. The Morgan fingerprint density at radius 2 is 1.44 bits per heavy atom. The van der Waals surface area contributed by atoms with Crippen molar-refractivity contribution in [3.05, 3.63) is 66.2 Å². The summed E-state index contributed by atoms with van der Waals surface area (Å²) in [4.78, 5) is 3.62. The molecule has 0 heterocycles. The first-order valence-corrected chi connectivity index (χ1v) is 7.53. The lowest BCUT2D eigenvalue weighted by Gasteiger charge is -2.11. The standard InChI is InChI=1S/C14H16NSi/c1-16(14-10-6-3-7-11-14)15-12-13-8-4-2-5-9-13/h2-11,15H,12H2,1H3. The van der Waals surface area contributed by atoms with Crippen molar-refractivity contribution in [1.82, 2.24) is 4.98 Å². The van der Waals surface area contributed by atoms with Gasteiger partial charge >= 0.3 is 0 Å². The second kappa shape index (κ2) is 5.63. The maximum atomic E-state index is 3.62. The third-order valence-corrected chi connectivity index (χ3v) is 4.51. The Balaban J connectivity index is 1.92. The zero-order valence-corrected chi connectivity index (χ0v) is 10.5. The summed E-state index contributed by atoms with van der Waals surface area (Å²) in [5.41, 5.74) is 1.35. The molecule has 0 atom stereocenters. The summed E-state index contributed by atoms with van der Waals surface area (Å²) >= 11 is 0. The minimum Gasteiger partial charge on any atom is -0.331 e. The average Bonchev–Trinajstić information content (AvgIpc) is 2.38. The van der Waals surface area contributed by atoms with Gasteiger partial charge in [-0.25, -0.2) is 0 Å². The van der Waals surface area contributed by atoms with Gasteiger partial charge in [-0.1, -0.05) is 67.2 Å². The van der Waals surface area contributed by atoms with E-state index in [1.807, 2.05) is 0 Å². The normalized spacial score (nSPS) is 10.6. The summed E-state index contributed by atoms with van der Waals surface area (Å²) in [6, 6.07) is 21.2. The molecule has 2 aromatic rings. The van der Waals surface area contributed by atoms with Gasteiger partial charge < -0.3 is 4.98 Å². The Kier molecular flexibility index (Phi) is 3.91. The van der Waals surface area contributed by atoms with Crippen LogP contribution >= 0.6 is 0 Å². The molecule has 0 bridgehead atoms. The smallest absolute Gasteiger partial charge is 0.166 e. The zero-order valence-electron chi connectivity index (χ0n) is 9.48. The van der Waals surface area contributed by atoms with Crippen LogP contribution in [0.3, 0.4) is 0 Å². The fourth-order valence-corrected chi connectivity index (χ4v) is 2.99. The molecule has 0 aliphatic rings. The first-order valence-electron chi connectivity index (χ1n) is 5.53. The van der Waals surface area contributed by atoms with E-state index in [4.69, 9.17) is 0 Å². The predicted molar refractivity (Wildman–Crippen MR) is 71.0 cm³/mol. The van der Waals surface area contributed by atoms with Crippen molar-refractivity contribution in [3.8, 4) is 0 Å². The van der Waals surface area contributed by atoms with E-state index < -0.39 is 8.96 Å². The van der Waals surface area contributed by atoms with Gasteiger partial charge in [-0.05, 0) is 10.8 Å². The topological polar surface area (TPSA) is 12.0 Å². The molecule has 0 spiro atoms. The molecule has 0 saturated carbocycles. The fourth-order valence-electron chi connectivity index (χ4n) is 1.62. The lowest BCUT2D eigenvalue weighted by molar-refractivity contribution is 0.940. The van der Waals surface area contributed by atoms with Crippen LogP contribution in [-0.4, -0.2) is 8.96 Å². The molecule has 16 heavy (non-hydrogen) atoms. The van der Waals surface area contributed by atoms with Crippen LogP contribution in [0.15, 0.2) is 60.7 Å². The monoisotopic (exact) mass is 226 g/mol. The number of nitrogens with one attached hydrogen (secondary N) is 1. The van der Waals surface area contributed by atoms with E-state index in [9.17, 15) is 0 Å². The van der Waals surface area contributed by atoms with E-state index in [0.29, 0.717) is 0 Å². The molecular weight excluding hydrogens is 210 g/mol. The predicted octanol–water partition coefficient (Wildman–Crippen LogP) is 2.30. The first-order chi connectivity index (χ1) is 7.86. The summed E-state index contributed by atoms with van der Waals surface area (Å²) in [5, 5.41) is 1.43. The molecule has 0 saturated heterocycles. The summed E-state index contributed by atoms with van der Waals surface area (Å²) in [7, 11) is -0.615. The molecular formula is C14H16NSi. The van der Waals surface area contributed by atoms with Gasteiger partial charge in [0.15, 0.2) is 8.96 Å². The summed E-state index contributed by atoms with van der Waals surface area (Å²) in [5.74, 6) is 0. The van der Waals surface area contributed by atoms with Gasteiger partial charge in [-0.2, -0.15) is 0 Å². The molecule has 0 fully saturated rings.